The van der Waals surface area contributed by atoms with Gasteiger partial charge in [-0.1, -0.05) is 49.7 Å². The van der Waals surface area contributed by atoms with Gasteiger partial charge in [0.05, 0.1) is 5.02 Å². The molecular weight excluding hydrogens is 336 g/mol. The normalized spacial score (nSPS) is 12.4. The van der Waals surface area contributed by atoms with Crippen LogP contribution < -0.4 is 0 Å². The van der Waals surface area contributed by atoms with E-state index < -0.39 is 6.10 Å². The van der Waals surface area contributed by atoms with Crippen molar-refractivity contribution >= 4 is 27.5 Å². The van der Waals surface area contributed by atoms with Crippen molar-refractivity contribution in [2.24, 2.45) is 0 Å². The van der Waals surface area contributed by atoms with Crippen LogP contribution in [-0.4, -0.2) is 5.11 Å². The van der Waals surface area contributed by atoms with Crippen LogP contribution in [0.2, 0.25) is 5.02 Å². The van der Waals surface area contributed by atoms with E-state index in [9.17, 15) is 5.11 Å². The molecule has 0 spiro atoms. The number of aryl methyl sites for hydroxylation is 2. The molecule has 2 aromatic rings. The Balaban J connectivity index is 2.45. The molecule has 2 aromatic carbocycles. The highest BCUT2D eigenvalue weighted by atomic mass is 79.9. The van der Waals surface area contributed by atoms with Gasteiger partial charge in [-0.15, -0.1) is 0 Å². The molecule has 0 amide bonds. The van der Waals surface area contributed by atoms with Gasteiger partial charge in [-0.05, 0) is 63.2 Å². The Morgan fingerprint density at radius 2 is 1.85 bits per heavy atom. The summed E-state index contributed by atoms with van der Waals surface area (Å²) in [7, 11) is 0. The van der Waals surface area contributed by atoms with E-state index in [1.807, 2.05) is 12.1 Å². The first kappa shape index (κ1) is 15.6. The topological polar surface area (TPSA) is 20.2 Å². The maximum atomic E-state index is 10.7. The van der Waals surface area contributed by atoms with E-state index in [-0.39, 0.29) is 0 Å². The summed E-state index contributed by atoms with van der Waals surface area (Å²) in [6, 6.07) is 11.9. The zero-order valence-corrected chi connectivity index (χ0v) is 14.0. The third kappa shape index (κ3) is 3.25. The van der Waals surface area contributed by atoms with Gasteiger partial charge in [0.1, 0.15) is 6.10 Å². The quantitative estimate of drug-likeness (QED) is 0.790. The lowest BCUT2D eigenvalue weighted by atomic mass is 9.93. The van der Waals surface area contributed by atoms with Crippen molar-refractivity contribution < 1.29 is 5.11 Å². The molecule has 20 heavy (non-hydrogen) atoms. The van der Waals surface area contributed by atoms with Crippen molar-refractivity contribution in [2.75, 3.05) is 0 Å². The van der Waals surface area contributed by atoms with Gasteiger partial charge in [-0.2, -0.15) is 0 Å². The zero-order chi connectivity index (χ0) is 14.7. The minimum absolute atomic E-state index is 0.620. The Kier molecular flexibility index (Phi) is 5.25. The van der Waals surface area contributed by atoms with Crippen molar-refractivity contribution in [2.45, 2.75) is 32.8 Å². The molecule has 0 aliphatic heterocycles. The number of hydrogen-bond donors (Lipinski definition) is 1. The monoisotopic (exact) mass is 352 g/mol. The summed E-state index contributed by atoms with van der Waals surface area (Å²) < 4.78 is 0.806. The van der Waals surface area contributed by atoms with Crippen LogP contribution in [0.1, 0.15) is 42.2 Å². The number of hydrogen-bond acceptors (Lipinski definition) is 1. The number of aliphatic hydroxyl groups excluding tert-OH is 1. The molecule has 106 valence electrons. The third-order valence-corrected chi connectivity index (χ3v) is 4.77. The SMILES string of the molecule is CCc1ccc(CC)c(C(O)c2ccc(Cl)c(Br)c2)c1. The fourth-order valence-corrected chi connectivity index (χ4v) is 2.82. The summed E-state index contributed by atoms with van der Waals surface area (Å²) in [6.07, 6.45) is 1.25. The molecule has 0 aliphatic rings. The molecule has 0 aromatic heterocycles. The van der Waals surface area contributed by atoms with Crippen LogP contribution in [0.5, 0.6) is 0 Å². The molecule has 0 saturated heterocycles. The van der Waals surface area contributed by atoms with Crippen molar-refractivity contribution in [1.82, 2.24) is 0 Å². The van der Waals surface area contributed by atoms with Crippen LogP contribution in [0.3, 0.4) is 0 Å². The molecule has 1 atom stereocenters. The zero-order valence-electron chi connectivity index (χ0n) is 11.7. The molecule has 0 saturated carbocycles. The van der Waals surface area contributed by atoms with E-state index in [1.165, 1.54) is 11.1 Å². The first-order chi connectivity index (χ1) is 9.56. The summed E-state index contributed by atoms with van der Waals surface area (Å²) >= 11 is 9.42. The lowest BCUT2D eigenvalue weighted by Gasteiger charge is -2.17. The van der Waals surface area contributed by atoms with Gasteiger partial charge in [0, 0.05) is 4.47 Å². The Morgan fingerprint density at radius 3 is 2.45 bits per heavy atom. The molecule has 1 N–H and O–H groups in total. The maximum Gasteiger partial charge on any atom is 0.104 e. The molecular formula is C17H18BrClO. The number of rotatable bonds is 4. The van der Waals surface area contributed by atoms with Gasteiger partial charge in [0.25, 0.3) is 0 Å². The summed E-state index contributed by atoms with van der Waals surface area (Å²) in [5.74, 6) is 0. The Morgan fingerprint density at radius 1 is 1.10 bits per heavy atom. The molecule has 0 heterocycles. The average molecular weight is 354 g/mol. The largest absolute Gasteiger partial charge is 0.384 e. The molecule has 0 bridgehead atoms. The predicted octanol–water partition coefficient (Wildman–Crippen LogP) is 5.31. The van der Waals surface area contributed by atoms with Crippen LogP contribution in [0, 0.1) is 0 Å². The van der Waals surface area contributed by atoms with Crippen molar-refractivity contribution in [1.29, 1.82) is 0 Å². The van der Waals surface area contributed by atoms with Crippen LogP contribution in [0.25, 0.3) is 0 Å². The summed E-state index contributed by atoms with van der Waals surface area (Å²) in [5.41, 5.74) is 4.26. The highest BCUT2D eigenvalue weighted by molar-refractivity contribution is 9.10. The number of aliphatic hydroxyl groups is 1. The fraction of sp³-hybridized carbons (Fsp3) is 0.294. The molecule has 0 radical (unpaired) electrons. The van der Waals surface area contributed by atoms with Gasteiger partial charge < -0.3 is 5.11 Å². The Hall–Kier alpha value is -0.830. The second kappa shape index (κ2) is 6.75. The number of halogens is 2. The first-order valence-electron chi connectivity index (χ1n) is 6.81. The maximum absolute atomic E-state index is 10.7. The van der Waals surface area contributed by atoms with E-state index in [0.717, 1.165) is 28.4 Å². The van der Waals surface area contributed by atoms with Crippen molar-refractivity contribution in [3.05, 3.63) is 68.1 Å². The number of benzene rings is 2. The van der Waals surface area contributed by atoms with Crippen LogP contribution >= 0.6 is 27.5 Å². The van der Waals surface area contributed by atoms with Gasteiger partial charge >= 0.3 is 0 Å². The fourth-order valence-electron chi connectivity index (χ4n) is 2.30. The van der Waals surface area contributed by atoms with Crippen LogP contribution in [0.4, 0.5) is 0 Å². The van der Waals surface area contributed by atoms with Crippen LogP contribution in [-0.2, 0) is 12.8 Å². The summed E-state index contributed by atoms with van der Waals surface area (Å²) in [4.78, 5) is 0. The minimum Gasteiger partial charge on any atom is -0.384 e. The van der Waals surface area contributed by atoms with Gasteiger partial charge in [0.15, 0.2) is 0 Å². The summed E-state index contributed by atoms with van der Waals surface area (Å²) in [5, 5.41) is 11.3. The van der Waals surface area contributed by atoms with Crippen LogP contribution in [0.15, 0.2) is 40.9 Å². The second-order valence-electron chi connectivity index (χ2n) is 4.82. The predicted molar refractivity (Wildman–Crippen MR) is 88.4 cm³/mol. The lowest BCUT2D eigenvalue weighted by Crippen LogP contribution is -2.04. The van der Waals surface area contributed by atoms with E-state index in [2.05, 4.69) is 48.0 Å². The van der Waals surface area contributed by atoms with Crippen molar-refractivity contribution in [3.63, 3.8) is 0 Å². The van der Waals surface area contributed by atoms with E-state index in [1.54, 1.807) is 6.07 Å². The van der Waals surface area contributed by atoms with E-state index >= 15 is 0 Å². The first-order valence-corrected chi connectivity index (χ1v) is 7.98. The molecule has 1 nitrogen and oxygen atoms in total. The Bertz CT molecular complexity index is 610. The van der Waals surface area contributed by atoms with E-state index in [4.69, 9.17) is 11.6 Å². The second-order valence-corrected chi connectivity index (χ2v) is 6.08. The summed E-state index contributed by atoms with van der Waals surface area (Å²) in [6.45, 7) is 4.23. The molecule has 0 fully saturated rings. The lowest BCUT2D eigenvalue weighted by molar-refractivity contribution is 0.219. The minimum atomic E-state index is -0.620. The van der Waals surface area contributed by atoms with Gasteiger partial charge in [0.2, 0.25) is 0 Å². The third-order valence-electron chi connectivity index (χ3n) is 3.55. The Labute approximate surface area is 133 Å². The highest BCUT2D eigenvalue weighted by Gasteiger charge is 2.15. The van der Waals surface area contributed by atoms with Gasteiger partial charge in [-0.3, -0.25) is 0 Å². The highest BCUT2D eigenvalue weighted by Crippen LogP contribution is 2.31. The van der Waals surface area contributed by atoms with E-state index in [0.29, 0.717) is 5.02 Å². The molecule has 0 aliphatic carbocycles. The molecule has 3 heteroatoms. The van der Waals surface area contributed by atoms with Gasteiger partial charge in [-0.25, -0.2) is 0 Å². The van der Waals surface area contributed by atoms with Crippen molar-refractivity contribution in [3.8, 4) is 0 Å². The molecule has 2 rings (SSSR count). The molecule has 1 unspecified atom stereocenters. The average Bonchev–Trinajstić information content (AvgIpc) is 2.48. The standard InChI is InChI=1S/C17H18BrClO/c1-3-11-5-6-12(4-2)14(9-11)17(20)13-7-8-16(19)15(18)10-13/h5-10,17,20H,3-4H2,1-2H3. The smallest absolute Gasteiger partial charge is 0.104 e.